The van der Waals surface area contributed by atoms with E-state index in [1.165, 1.54) is 19.9 Å². The van der Waals surface area contributed by atoms with Gasteiger partial charge in [0, 0.05) is 31.4 Å². The number of amides is 2. The monoisotopic (exact) mass is 489 g/mol. The van der Waals surface area contributed by atoms with Crippen LogP contribution in [0.2, 0.25) is 0 Å². The predicted octanol–water partition coefficient (Wildman–Crippen LogP) is 0.350. The van der Waals surface area contributed by atoms with E-state index < -0.39 is 47.3 Å². The van der Waals surface area contributed by atoms with Crippen LogP contribution in [0.5, 0.6) is 11.5 Å². The molecule has 2 amide bonds. The van der Waals surface area contributed by atoms with Gasteiger partial charge in [0.05, 0.1) is 9.79 Å². The maximum atomic E-state index is 11.4. The summed E-state index contributed by atoms with van der Waals surface area (Å²) >= 11 is 1.85. The van der Waals surface area contributed by atoms with Gasteiger partial charge in [0.1, 0.15) is 12.1 Å². The largest absolute Gasteiger partial charge is 0.503 e. The first-order chi connectivity index (χ1) is 14.8. The van der Waals surface area contributed by atoms with E-state index in [2.05, 4.69) is 10.6 Å². The zero-order valence-corrected chi connectivity index (χ0v) is 19.4. The van der Waals surface area contributed by atoms with E-state index in [1.54, 1.807) is 6.92 Å². The number of rotatable bonds is 12. The molecule has 1 rings (SSSR count). The quantitative estimate of drug-likeness (QED) is 0.158. The fourth-order valence-electron chi connectivity index (χ4n) is 2.62. The molecule has 0 aliphatic heterocycles. The van der Waals surface area contributed by atoms with Crippen molar-refractivity contribution in [3.8, 4) is 11.5 Å². The third kappa shape index (κ3) is 8.48. The summed E-state index contributed by atoms with van der Waals surface area (Å²) in [6.45, 7) is 4.09. The highest BCUT2D eigenvalue weighted by molar-refractivity contribution is 8.00. The lowest BCUT2D eigenvalue weighted by atomic mass is 10.1. The summed E-state index contributed by atoms with van der Waals surface area (Å²) in [5, 5.41) is 44.1. The van der Waals surface area contributed by atoms with Crippen LogP contribution in [0.1, 0.15) is 26.3 Å². The van der Waals surface area contributed by atoms with Crippen LogP contribution >= 0.6 is 23.5 Å². The number of carbonyl (C=O) groups excluding carboxylic acids is 2. The van der Waals surface area contributed by atoms with Crippen molar-refractivity contribution in [2.24, 2.45) is 5.73 Å². The van der Waals surface area contributed by atoms with E-state index in [0.29, 0.717) is 5.56 Å². The fraction of sp³-hybridized carbons (Fsp3) is 0.474. The molecule has 13 heteroatoms. The van der Waals surface area contributed by atoms with Gasteiger partial charge in [-0.25, -0.2) is 9.59 Å². The summed E-state index contributed by atoms with van der Waals surface area (Å²) in [7, 11) is 0. The second-order valence-electron chi connectivity index (χ2n) is 7.05. The molecule has 1 aromatic carbocycles. The van der Waals surface area contributed by atoms with Crippen molar-refractivity contribution in [3.63, 3.8) is 0 Å². The van der Waals surface area contributed by atoms with Crippen LogP contribution in [0.15, 0.2) is 15.9 Å². The number of phenolic OH excluding ortho intramolecular Hbond substituents is 2. The molecule has 0 aromatic heterocycles. The number of hydrogen-bond donors (Lipinski definition) is 7. The minimum absolute atomic E-state index is 0.115. The number of carbonyl (C=O) groups is 4. The van der Waals surface area contributed by atoms with Gasteiger partial charge in [-0.2, -0.15) is 0 Å². The topological polar surface area (TPSA) is 199 Å². The smallest absolute Gasteiger partial charge is 0.327 e. The van der Waals surface area contributed by atoms with Gasteiger partial charge in [0.25, 0.3) is 0 Å². The molecule has 1 unspecified atom stereocenters. The van der Waals surface area contributed by atoms with E-state index >= 15 is 0 Å². The highest BCUT2D eigenvalue weighted by Crippen LogP contribution is 2.45. The van der Waals surface area contributed by atoms with Crippen LogP contribution in [-0.4, -0.2) is 73.8 Å². The standard InChI is InChI=1S/C19H27N3O8S2/c1-8(20)4-11-5-14(31-6-12(18(27)28)21-9(2)23)15(25)16(26)17(11)32-7-13(19(29)30)22-10(3)24/h5,8,12-13,25-26H,4,6-7,20H2,1-3H3,(H,21,23)(H,22,24)(H,27,28)(H,29,30)/t8?,12-,13-/m0/s1. The van der Waals surface area contributed by atoms with Crippen molar-refractivity contribution in [3.05, 3.63) is 11.6 Å². The summed E-state index contributed by atoms with van der Waals surface area (Å²) in [4.78, 5) is 45.5. The van der Waals surface area contributed by atoms with Crippen LogP contribution in [0, 0.1) is 0 Å². The minimum atomic E-state index is -1.25. The lowest BCUT2D eigenvalue weighted by Gasteiger charge is -2.19. The first-order valence-electron chi connectivity index (χ1n) is 9.42. The number of carboxylic acids is 2. The Morgan fingerprint density at radius 3 is 1.81 bits per heavy atom. The molecule has 0 spiro atoms. The number of benzene rings is 1. The van der Waals surface area contributed by atoms with Crippen LogP contribution in [0.4, 0.5) is 0 Å². The maximum absolute atomic E-state index is 11.4. The first kappa shape index (κ1) is 27.4. The Kier molecular flexibility index (Phi) is 10.6. The van der Waals surface area contributed by atoms with Crippen molar-refractivity contribution < 1.29 is 39.6 Å². The van der Waals surface area contributed by atoms with Crippen LogP contribution in [-0.2, 0) is 25.6 Å². The number of nitrogens with one attached hydrogen (secondary N) is 2. The average molecular weight is 490 g/mol. The molecule has 0 bridgehead atoms. The van der Waals surface area contributed by atoms with Crippen molar-refractivity contribution >= 4 is 47.3 Å². The van der Waals surface area contributed by atoms with Crippen LogP contribution < -0.4 is 16.4 Å². The molecule has 0 heterocycles. The molecule has 0 saturated carbocycles. The predicted molar refractivity (Wildman–Crippen MR) is 119 cm³/mol. The Hall–Kier alpha value is -2.64. The molecule has 0 saturated heterocycles. The van der Waals surface area contributed by atoms with Crippen molar-refractivity contribution in [1.82, 2.24) is 10.6 Å². The molecule has 0 radical (unpaired) electrons. The van der Waals surface area contributed by atoms with Gasteiger partial charge in [-0.3, -0.25) is 9.59 Å². The number of aliphatic carboxylic acids is 2. The van der Waals surface area contributed by atoms with Gasteiger partial charge >= 0.3 is 11.9 Å². The molecule has 0 aliphatic carbocycles. The number of aromatic hydroxyl groups is 2. The zero-order chi connectivity index (χ0) is 24.6. The van der Waals surface area contributed by atoms with Gasteiger partial charge < -0.3 is 36.8 Å². The van der Waals surface area contributed by atoms with E-state index in [0.717, 1.165) is 23.5 Å². The Bertz CT molecular complexity index is 879. The average Bonchev–Trinajstić information content (AvgIpc) is 2.65. The summed E-state index contributed by atoms with van der Waals surface area (Å²) in [5.41, 5.74) is 6.40. The van der Waals surface area contributed by atoms with E-state index in [-0.39, 0.29) is 33.8 Å². The molecule has 3 atom stereocenters. The number of carboxylic acid groups (broad SMARTS) is 2. The summed E-state index contributed by atoms with van der Waals surface area (Å²) in [6, 6.07) is -1.23. The lowest BCUT2D eigenvalue weighted by Crippen LogP contribution is -2.41. The molecular formula is C19H27N3O8S2. The molecule has 0 aliphatic rings. The van der Waals surface area contributed by atoms with Crippen molar-refractivity contribution in [1.29, 1.82) is 0 Å². The Morgan fingerprint density at radius 1 is 0.938 bits per heavy atom. The molecule has 1 aromatic rings. The summed E-state index contributed by atoms with van der Waals surface area (Å²) in [6.07, 6.45) is 0.273. The van der Waals surface area contributed by atoms with Crippen molar-refractivity contribution in [2.45, 2.75) is 55.1 Å². The number of nitrogens with two attached hydrogens (primary N) is 1. The lowest BCUT2D eigenvalue weighted by molar-refractivity contribution is -0.141. The second-order valence-corrected chi connectivity index (χ2v) is 9.14. The molecular weight excluding hydrogens is 462 g/mol. The molecule has 8 N–H and O–H groups in total. The Labute approximate surface area is 193 Å². The van der Waals surface area contributed by atoms with Crippen LogP contribution in [0.3, 0.4) is 0 Å². The number of hydrogen-bond acceptors (Lipinski definition) is 9. The Morgan fingerprint density at radius 2 is 1.41 bits per heavy atom. The SMILES string of the molecule is CC(=O)N[C@@H](CSc1cc(CC(C)N)c(SC[C@H](NC(C)=O)C(=O)O)c(O)c1O)C(=O)O. The number of thioether (sulfide) groups is 2. The van der Waals surface area contributed by atoms with Gasteiger partial charge in [-0.15, -0.1) is 23.5 Å². The summed E-state index contributed by atoms with van der Waals surface area (Å²) < 4.78 is 0. The van der Waals surface area contributed by atoms with Gasteiger partial charge in [-0.1, -0.05) is 0 Å². The number of phenols is 2. The highest BCUT2D eigenvalue weighted by Gasteiger charge is 2.25. The normalized spacial score (nSPS) is 13.6. The van der Waals surface area contributed by atoms with E-state index in [4.69, 9.17) is 5.73 Å². The minimum Gasteiger partial charge on any atom is -0.503 e. The first-order valence-corrected chi connectivity index (χ1v) is 11.4. The molecule has 32 heavy (non-hydrogen) atoms. The Balaban J connectivity index is 3.21. The third-order valence-electron chi connectivity index (χ3n) is 3.96. The zero-order valence-electron chi connectivity index (χ0n) is 17.7. The molecule has 178 valence electrons. The van der Waals surface area contributed by atoms with Gasteiger partial charge in [0.2, 0.25) is 11.8 Å². The molecule has 0 fully saturated rings. The third-order valence-corrected chi connectivity index (χ3v) is 6.33. The van der Waals surface area contributed by atoms with Crippen molar-refractivity contribution in [2.75, 3.05) is 11.5 Å². The van der Waals surface area contributed by atoms with Gasteiger partial charge in [0.15, 0.2) is 11.5 Å². The van der Waals surface area contributed by atoms with E-state index in [9.17, 15) is 39.6 Å². The van der Waals surface area contributed by atoms with E-state index in [1.807, 2.05) is 0 Å². The maximum Gasteiger partial charge on any atom is 0.327 e. The molecule has 11 nitrogen and oxygen atoms in total. The second kappa shape index (κ2) is 12.4. The van der Waals surface area contributed by atoms with Gasteiger partial charge in [-0.05, 0) is 25.0 Å². The fourth-order valence-corrected chi connectivity index (χ4v) is 4.77. The highest BCUT2D eigenvalue weighted by atomic mass is 32.2. The summed E-state index contributed by atoms with van der Waals surface area (Å²) in [5.74, 6) is -4.81. The van der Waals surface area contributed by atoms with Crippen LogP contribution in [0.25, 0.3) is 0 Å².